The minimum absolute atomic E-state index is 0.0632. The highest BCUT2D eigenvalue weighted by atomic mass is 35.5. The molecule has 0 aliphatic heterocycles. The normalized spacial score (nSPS) is 12.7. The number of aryl methyl sites for hydroxylation is 1. The van der Waals surface area contributed by atoms with Crippen LogP contribution in [0.3, 0.4) is 0 Å². The van der Waals surface area contributed by atoms with Gasteiger partial charge in [0.05, 0.1) is 19.1 Å². The predicted molar refractivity (Wildman–Crippen MR) is 164 cm³/mol. The molecule has 1 N–H and O–H groups in total. The summed E-state index contributed by atoms with van der Waals surface area (Å²) in [5.41, 5.74) is 2.64. The maximum absolute atomic E-state index is 14.2. The minimum atomic E-state index is -3.88. The van der Waals surface area contributed by atoms with Crippen LogP contribution in [-0.4, -0.2) is 57.1 Å². The topological polar surface area (TPSA) is 96.0 Å². The van der Waals surface area contributed by atoms with Gasteiger partial charge in [0.15, 0.2) is 0 Å². The Kier molecular flexibility index (Phi) is 11.2. The van der Waals surface area contributed by atoms with Crippen molar-refractivity contribution < 1.29 is 22.7 Å². The number of carbonyl (C=O) groups is 2. The van der Waals surface area contributed by atoms with E-state index in [0.717, 1.165) is 27.3 Å². The molecule has 3 aromatic carbocycles. The summed E-state index contributed by atoms with van der Waals surface area (Å²) in [7, 11) is -2.33. The number of nitrogens with zero attached hydrogens (tertiary/aromatic N) is 2. The second-order valence-corrected chi connectivity index (χ2v) is 12.4. The van der Waals surface area contributed by atoms with Gasteiger partial charge in [-0.3, -0.25) is 13.9 Å². The Hall–Kier alpha value is -3.56. The molecular formula is C31H38ClN3O5S. The van der Waals surface area contributed by atoms with Gasteiger partial charge < -0.3 is 15.0 Å². The number of hydrogen-bond donors (Lipinski definition) is 1. The van der Waals surface area contributed by atoms with Crippen LogP contribution < -0.4 is 14.4 Å². The van der Waals surface area contributed by atoms with Gasteiger partial charge in [-0.05, 0) is 61.2 Å². The Morgan fingerprint density at radius 2 is 1.68 bits per heavy atom. The van der Waals surface area contributed by atoms with Crippen molar-refractivity contribution in [3.8, 4) is 5.75 Å². The summed E-state index contributed by atoms with van der Waals surface area (Å²) in [5.74, 6) is -0.246. The van der Waals surface area contributed by atoms with E-state index in [0.29, 0.717) is 17.2 Å². The molecule has 0 aliphatic carbocycles. The third kappa shape index (κ3) is 8.96. The number of anilines is 1. The fourth-order valence-electron chi connectivity index (χ4n) is 4.31. The summed E-state index contributed by atoms with van der Waals surface area (Å²) in [6, 6.07) is 20.5. The van der Waals surface area contributed by atoms with Crippen molar-refractivity contribution in [1.82, 2.24) is 10.2 Å². The summed E-state index contributed by atoms with van der Waals surface area (Å²) in [4.78, 5) is 29.3. The van der Waals surface area contributed by atoms with Gasteiger partial charge in [0.25, 0.3) is 0 Å². The van der Waals surface area contributed by atoms with Crippen LogP contribution in [-0.2, 0) is 32.6 Å². The SMILES string of the molecule is CC[C@H](C)NC(=O)[C@@H](Cc1ccccc1)N(Cc1cccc(OC)c1)C(=O)CN(c1ccc(C)c(Cl)c1)S(C)(=O)=O. The van der Waals surface area contributed by atoms with Crippen molar-refractivity contribution in [2.24, 2.45) is 0 Å². The number of carbonyl (C=O) groups excluding carboxylic acids is 2. The Balaban J connectivity index is 2.08. The molecule has 3 rings (SSSR count). The third-order valence-corrected chi connectivity index (χ3v) is 8.43. The second kappa shape index (κ2) is 14.4. The molecule has 2 amide bonds. The van der Waals surface area contributed by atoms with Gasteiger partial charge in [0.2, 0.25) is 21.8 Å². The molecule has 0 unspecified atom stereocenters. The first-order chi connectivity index (χ1) is 19.4. The molecule has 41 heavy (non-hydrogen) atoms. The highest BCUT2D eigenvalue weighted by Gasteiger charge is 2.33. The van der Waals surface area contributed by atoms with Crippen molar-refractivity contribution in [3.63, 3.8) is 0 Å². The number of amides is 2. The average molecular weight is 600 g/mol. The molecule has 0 aliphatic rings. The Labute approximate surface area is 248 Å². The van der Waals surface area contributed by atoms with Crippen molar-refractivity contribution in [2.45, 2.75) is 52.2 Å². The average Bonchev–Trinajstić information content (AvgIpc) is 2.94. The fraction of sp³-hybridized carbons (Fsp3) is 0.355. The number of hydrogen-bond acceptors (Lipinski definition) is 5. The van der Waals surface area contributed by atoms with E-state index in [1.807, 2.05) is 57.2 Å². The lowest BCUT2D eigenvalue weighted by Crippen LogP contribution is -2.54. The van der Waals surface area contributed by atoms with Gasteiger partial charge in [-0.2, -0.15) is 0 Å². The number of ether oxygens (including phenoxy) is 1. The monoisotopic (exact) mass is 599 g/mol. The van der Waals surface area contributed by atoms with E-state index >= 15 is 0 Å². The van der Waals surface area contributed by atoms with Gasteiger partial charge >= 0.3 is 0 Å². The van der Waals surface area contributed by atoms with Crippen molar-refractivity contribution in [3.05, 3.63) is 94.5 Å². The van der Waals surface area contributed by atoms with Gasteiger partial charge in [0.1, 0.15) is 18.3 Å². The van der Waals surface area contributed by atoms with Gasteiger partial charge in [0, 0.05) is 24.0 Å². The molecule has 10 heteroatoms. The molecule has 0 fully saturated rings. The third-order valence-electron chi connectivity index (χ3n) is 6.88. The molecule has 0 saturated carbocycles. The molecule has 0 saturated heterocycles. The number of nitrogens with one attached hydrogen (secondary N) is 1. The van der Waals surface area contributed by atoms with E-state index in [1.54, 1.807) is 37.4 Å². The fourth-order valence-corrected chi connectivity index (χ4v) is 5.33. The van der Waals surface area contributed by atoms with E-state index in [-0.39, 0.29) is 30.6 Å². The van der Waals surface area contributed by atoms with Crippen LogP contribution in [0, 0.1) is 6.92 Å². The van der Waals surface area contributed by atoms with Crippen LogP contribution in [0.2, 0.25) is 5.02 Å². The minimum Gasteiger partial charge on any atom is -0.497 e. The second-order valence-electron chi connectivity index (χ2n) is 10.1. The summed E-state index contributed by atoms with van der Waals surface area (Å²) in [6.45, 7) is 5.23. The Morgan fingerprint density at radius 1 is 1.00 bits per heavy atom. The quantitative estimate of drug-likeness (QED) is 0.299. The van der Waals surface area contributed by atoms with Gasteiger partial charge in [-0.25, -0.2) is 8.42 Å². The van der Waals surface area contributed by atoms with E-state index in [2.05, 4.69) is 5.32 Å². The number of sulfonamides is 1. The van der Waals surface area contributed by atoms with E-state index in [1.165, 1.54) is 11.0 Å². The largest absolute Gasteiger partial charge is 0.497 e. The number of rotatable bonds is 13. The first kappa shape index (κ1) is 32.0. The zero-order valence-electron chi connectivity index (χ0n) is 24.1. The Bertz CT molecular complexity index is 1450. The standard InChI is InChI=1S/C31H38ClN3O5S/c1-6-23(3)33-31(37)29(18-24-11-8-7-9-12-24)34(20-25-13-10-14-27(17-25)40-4)30(36)21-35(41(5,38)39)26-16-15-22(2)28(32)19-26/h7-17,19,23,29H,6,18,20-21H2,1-5H3,(H,33,37)/t23-,29+/m0/s1. The molecule has 3 aromatic rings. The molecule has 0 heterocycles. The van der Waals surface area contributed by atoms with Crippen LogP contribution >= 0.6 is 11.6 Å². The Morgan fingerprint density at radius 3 is 2.29 bits per heavy atom. The van der Waals surface area contributed by atoms with Crippen LogP contribution in [0.4, 0.5) is 5.69 Å². The molecule has 2 atom stereocenters. The maximum atomic E-state index is 14.2. The van der Waals surface area contributed by atoms with E-state index in [9.17, 15) is 18.0 Å². The lowest BCUT2D eigenvalue weighted by Gasteiger charge is -2.34. The highest BCUT2D eigenvalue weighted by molar-refractivity contribution is 7.92. The first-order valence-corrected chi connectivity index (χ1v) is 15.7. The summed E-state index contributed by atoms with van der Waals surface area (Å²) >= 11 is 6.31. The summed E-state index contributed by atoms with van der Waals surface area (Å²) in [6.07, 6.45) is 2.00. The number of methoxy groups -OCH3 is 1. The lowest BCUT2D eigenvalue weighted by molar-refractivity contribution is -0.140. The molecule has 0 bridgehead atoms. The molecular weight excluding hydrogens is 562 g/mol. The zero-order chi connectivity index (χ0) is 30.2. The molecule has 0 spiro atoms. The highest BCUT2D eigenvalue weighted by Crippen LogP contribution is 2.26. The number of halogens is 1. The van der Waals surface area contributed by atoms with Gasteiger partial charge in [-0.15, -0.1) is 0 Å². The molecule has 220 valence electrons. The summed E-state index contributed by atoms with van der Waals surface area (Å²) in [5, 5.41) is 3.40. The molecule has 8 nitrogen and oxygen atoms in total. The van der Waals surface area contributed by atoms with Crippen molar-refractivity contribution in [2.75, 3.05) is 24.2 Å². The summed E-state index contributed by atoms with van der Waals surface area (Å²) < 4.78 is 32.2. The van der Waals surface area contributed by atoms with Gasteiger partial charge in [-0.1, -0.05) is 67.1 Å². The van der Waals surface area contributed by atoms with Crippen LogP contribution in [0.25, 0.3) is 0 Å². The van der Waals surface area contributed by atoms with Crippen LogP contribution in [0.1, 0.15) is 37.0 Å². The van der Waals surface area contributed by atoms with E-state index < -0.39 is 28.5 Å². The zero-order valence-corrected chi connectivity index (χ0v) is 25.7. The van der Waals surface area contributed by atoms with Crippen LogP contribution in [0.15, 0.2) is 72.8 Å². The smallest absolute Gasteiger partial charge is 0.244 e. The molecule has 0 aromatic heterocycles. The van der Waals surface area contributed by atoms with E-state index in [4.69, 9.17) is 16.3 Å². The lowest BCUT2D eigenvalue weighted by atomic mass is 10.0. The maximum Gasteiger partial charge on any atom is 0.244 e. The van der Waals surface area contributed by atoms with Crippen molar-refractivity contribution in [1.29, 1.82) is 0 Å². The first-order valence-electron chi connectivity index (χ1n) is 13.4. The number of benzene rings is 3. The molecule has 0 radical (unpaired) electrons. The van der Waals surface area contributed by atoms with Crippen LogP contribution in [0.5, 0.6) is 5.75 Å². The van der Waals surface area contributed by atoms with Crippen molar-refractivity contribution >= 4 is 39.1 Å². The predicted octanol–water partition coefficient (Wildman–Crippen LogP) is 4.98.